The van der Waals surface area contributed by atoms with Crippen molar-refractivity contribution in [3.05, 3.63) is 10.6 Å². The summed E-state index contributed by atoms with van der Waals surface area (Å²) in [5, 5.41) is 11.9. The Morgan fingerprint density at radius 3 is 2.44 bits per heavy atom. The van der Waals surface area contributed by atoms with E-state index < -0.39 is 11.4 Å². The number of hydrogen-bond acceptors (Lipinski definition) is 5. The summed E-state index contributed by atoms with van der Waals surface area (Å²) >= 11 is 0.951. The molecule has 1 rings (SSSR count). The predicted octanol–water partition coefficient (Wildman–Crippen LogP) is 1.72. The van der Waals surface area contributed by atoms with Crippen molar-refractivity contribution in [3.63, 3.8) is 0 Å². The van der Waals surface area contributed by atoms with Crippen molar-refractivity contribution >= 4 is 28.3 Å². The maximum Gasteiger partial charge on any atom is 0.347 e. The fourth-order valence-corrected chi connectivity index (χ4v) is 2.34. The molecule has 0 saturated heterocycles. The SMILES string of the molecule is COCC(=O)Nc1nc(C(C)(C)C)c(C(=O)O)s1. The number of ether oxygens (including phenoxy) is 1. The maximum atomic E-state index is 11.3. The first-order valence-electron chi connectivity index (χ1n) is 5.29. The van der Waals surface area contributed by atoms with Crippen LogP contribution in [0.25, 0.3) is 0 Å². The van der Waals surface area contributed by atoms with Crippen LogP contribution >= 0.6 is 11.3 Å². The Labute approximate surface area is 109 Å². The van der Waals surface area contributed by atoms with Crippen LogP contribution in [0.15, 0.2) is 0 Å². The minimum atomic E-state index is -1.04. The van der Waals surface area contributed by atoms with Gasteiger partial charge in [-0.1, -0.05) is 32.1 Å². The molecule has 0 aliphatic heterocycles. The maximum absolute atomic E-state index is 11.3. The number of carbonyl (C=O) groups is 2. The lowest BCUT2D eigenvalue weighted by Crippen LogP contribution is -2.18. The van der Waals surface area contributed by atoms with E-state index in [0.717, 1.165) is 11.3 Å². The van der Waals surface area contributed by atoms with Gasteiger partial charge in [0.2, 0.25) is 0 Å². The van der Waals surface area contributed by atoms with Crippen molar-refractivity contribution in [2.45, 2.75) is 26.2 Å². The third-order valence-electron chi connectivity index (χ3n) is 2.05. The Morgan fingerprint density at radius 1 is 1.44 bits per heavy atom. The number of aromatic nitrogens is 1. The minimum Gasteiger partial charge on any atom is -0.477 e. The number of carboxylic acid groups (broad SMARTS) is 1. The van der Waals surface area contributed by atoms with E-state index >= 15 is 0 Å². The van der Waals surface area contributed by atoms with Gasteiger partial charge in [0, 0.05) is 12.5 Å². The van der Waals surface area contributed by atoms with Crippen molar-refractivity contribution in [2.75, 3.05) is 19.0 Å². The van der Waals surface area contributed by atoms with Gasteiger partial charge in [-0.05, 0) is 0 Å². The lowest BCUT2D eigenvalue weighted by Gasteiger charge is -2.15. The summed E-state index contributed by atoms with van der Waals surface area (Å²) in [6.07, 6.45) is 0. The van der Waals surface area contributed by atoms with E-state index in [-0.39, 0.29) is 22.5 Å². The highest BCUT2D eigenvalue weighted by atomic mass is 32.1. The van der Waals surface area contributed by atoms with Crippen LogP contribution < -0.4 is 5.32 Å². The molecule has 0 unspecified atom stereocenters. The van der Waals surface area contributed by atoms with Gasteiger partial charge < -0.3 is 9.84 Å². The van der Waals surface area contributed by atoms with Crippen LogP contribution in [0, 0.1) is 0 Å². The van der Waals surface area contributed by atoms with E-state index in [0.29, 0.717) is 5.69 Å². The average Bonchev–Trinajstić information content (AvgIpc) is 2.61. The largest absolute Gasteiger partial charge is 0.477 e. The molecule has 2 N–H and O–H groups in total. The quantitative estimate of drug-likeness (QED) is 0.871. The number of rotatable bonds is 4. The lowest BCUT2D eigenvalue weighted by molar-refractivity contribution is -0.119. The first-order chi connectivity index (χ1) is 8.25. The second kappa shape index (κ2) is 5.45. The second-order valence-corrected chi connectivity index (χ2v) is 5.73. The number of carbonyl (C=O) groups excluding carboxylic acids is 1. The summed E-state index contributed by atoms with van der Waals surface area (Å²) in [6.45, 7) is 5.52. The summed E-state index contributed by atoms with van der Waals surface area (Å²) in [5.41, 5.74) is 0.0711. The standard InChI is InChI=1S/C11H16N2O4S/c1-11(2,3)8-7(9(15)16)18-10(13-8)12-6(14)5-17-4/h5H2,1-4H3,(H,15,16)(H,12,13,14). The first-order valence-corrected chi connectivity index (χ1v) is 6.10. The second-order valence-electron chi connectivity index (χ2n) is 4.73. The molecule has 1 aromatic heterocycles. The Kier molecular flexibility index (Phi) is 4.42. The number of hydrogen-bond donors (Lipinski definition) is 2. The molecule has 0 spiro atoms. The van der Waals surface area contributed by atoms with Crippen LogP contribution in [-0.4, -0.2) is 35.7 Å². The van der Waals surface area contributed by atoms with Crippen LogP contribution in [0.1, 0.15) is 36.1 Å². The fourth-order valence-electron chi connectivity index (χ4n) is 1.31. The van der Waals surface area contributed by atoms with Crippen molar-refractivity contribution < 1.29 is 19.4 Å². The molecule has 0 fully saturated rings. The van der Waals surface area contributed by atoms with Gasteiger partial charge >= 0.3 is 5.97 Å². The number of anilines is 1. The molecule has 1 amide bonds. The minimum absolute atomic E-state index is 0.0904. The fraction of sp³-hybridized carbons (Fsp3) is 0.545. The highest BCUT2D eigenvalue weighted by molar-refractivity contribution is 7.17. The monoisotopic (exact) mass is 272 g/mol. The van der Waals surface area contributed by atoms with Crippen molar-refractivity contribution in [1.82, 2.24) is 4.98 Å². The number of nitrogens with zero attached hydrogens (tertiary/aromatic N) is 1. The third-order valence-corrected chi connectivity index (χ3v) is 3.01. The van der Waals surface area contributed by atoms with E-state index in [4.69, 9.17) is 5.11 Å². The van der Waals surface area contributed by atoms with Gasteiger partial charge in [0.15, 0.2) is 5.13 Å². The summed E-state index contributed by atoms with van der Waals surface area (Å²) in [4.78, 5) is 26.8. The third kappa shape index (κ3) is 3.51. The average molecular weight is 272 g/mol. The van der Waals surface area contributed by atoms with E-state index in [9.17, 15) is 9.59 Å². The first kappa shape index (κ1) is 14.6. The van der Waals surface area contributed by atoms with Crippen molar-refractivity contribution in [2.24, 2.45) is 0 Å². The highest BCUT2D eigenvalue weighted by Gasteiger charge is 2.27. The molecule has 0 radical (unpaired) electrons. The molecule has 0 aliphatic rings. The molecule has 0 saturated carbocycles. The normalized spacial score (nSPS) is 11.3. The number of methoxy groups -OCH3 is 1. The predicted molar refractivity (Wildman–Crippen MR) is 68.3 cm³/mol. The zero-order valence-electron chi connectivity index (χ0n) is 10.7. The Balaban J connectivity index is 3.03. The van der Waals surface area contributed by atoms with Gasteiger partial charge in [-0.2, -0.15) is 0 Å². The van der Waals surface area contributed by atoms with E-state index in [1.165, 1.54) is 7.11 Å². The molecule has 1 heterocycles. The molecule has 6 nitrogen and oxygen atoms in total. The number of thiazole rings is 1. The molecule has 0 bridgehead atoms. The summed E-state index contributed by atoms with van der Waals surface area (Å²) in [5.74, 6) is -1.40. The molecule has 18 heavy (non-hydrogen) atoms. The van der Waals surface area contributed by atoms with Gasteiger partial charge in [-0.3, -0.25) is 10.1 Å². The topological polar surface area (TPSA) is 88.5 Å². The van der Waals surface area contributed by atoms with Gasteiger partial charge in [0.25, 0.3) is 5.91 Å². The molecule has 100 valence electrons. The van der Waals surface area contributed by atoms with Gasteiger partial charge in [0.1, 0.15) is 11.5 Å². The zero-order valence-corrected chi connectivity index (χ0v) is 11.6. The molecule has 0 atom stereocenters. The van der Waals surface area contributed by atoms with Crippen LogP contribution in [0.5, 0.6) is 0 Å². The molecule has 0 aliphatic carbocycles. The molecule has 7 heteroatoms. The van der Waals surface area contributed by atoms with E-state index in [1.54, 1.807) is 0 Å². The number of aromatic carboxylic acids is 1. The summed E-state index contributed by atoms with van der Waals surface area (Å²) in [7, 11) is 1.41. The van der Waals surface area contributed by atoms with E-state index in [2.05, 4.69) is 15.0 Å². The van der Waals surface area contributed by atoms with Crippen LogP contribution in [0.2, 0.25) is 0 Å². The molecular formula is C11H16N2O4S. The van der Waals surface area contributed by atoms with Crippen molar-refractivity contribution in [3.8, 4) is 0 Å². The number of carboxylic acids is 1. The molecule has 1 aromatic rings. The van der Waals surface area contributed by atoms with Gasteiger partial charge in [-0.15, -0.1) is 0 Å². The van der Waals surface area contributed by atoms with Crippen LogP contribution in [-0.2, 0) is 14.9 Å². The molecular weight excluding hydrogens is 256 g/mol. The van der Waals surface area contributed by atoms with Crippen LogP contribution in [0.4, 0.5) is 5.13 Å². The summed E-state index contributed by atoms with van der Waals surface area (Å²) in [6, 6.07) is 0. The summed E-state index contributed by atoms with van der Waals surface area (Å²) < 4.78 is 4.68. The van der Waals surface area contributed by atoms with Gasteiger partial charge in [-0.25, -0.2) is 9.78 Å². The van der Waals surface area contributed by atoms with E-state index in [1.807, 2.05) is 20.8 Å². The Morgan fingerprint density at radius 2 is 2.06 bits per heavy atom. The lowest BCUT2D eigenvalue weighted by atomic mass is 9.91. The van der Waals surface area contributed by atoms with Crippen LogP contribution in [0.3, 0.4) is 0 Å². The Bertz CT molecular complexity index is 462. The number of amides is 1. The smallest absolute Gasteiger partial charge is 0.347 e. The zero-order chi connectivity index (χ0) is 13.9. The Hall–Kier alpha value is -1.47. The van der Waals surface area contributed by atoms with Crippen molar-refractivity contribution in [1.29, 1.82) is 0 Å². The van der Waals surface area contributed by atoms with Gasteiger partial charge in [0.05, 0.1) is 5.69 Å². The molecule has 0 aromatic carbocycles. The number of nitrogens with one attached hydrogen (secondary N) is 1. The highest BCUT2D eigenvalue weighted by Crippen LogP contribution is 2.31.